The van der Waals surface area contributed by atoms with Crippen LogP contribution in [0.1, 0.15) is 36.3 Å². The minimum Gasteiger partial charge on any atom is -0.377 e. The molecule has 3 atom stereocenters. The van der Waals surface area contributed by atoms with E-state index in [9.17, 15) is 4.79 Å². The van der Waals surface area contributed by atoms with Gasteiger partial charge < -0.3 is 14.6 Å². The number of hydrogen-bond acceptors (Lipinski definition) is 2. The van der Waals surface area contributed by atoms with E-state index in [0.717, 1.165) is 23.9 Å². The maximum absolute atomic E-state index is 13.0. The molecule has 0 spiro atoms. The van der Waals surface area contributed by atoms with Crippen molar-refractivity contribution in [3.8, 4) is 0 Å². The van der Waals surface area contributed by atoms with Crippen LogP contribution in [0.15, 0.2) is 24.3 Å². The van der Waals surface area contributed by atoms with Crippen LogP contribution in [-0.4, -0.2) is 41.6 Å². The lowest BCUT2D eigenvalue weighted by Crippen LogP contribution is -2.66. The van der Waals surface area contributed by atoms with Gasteiger partial charge in [-0.05, 0) is 31.0 Å². The first-order valence-electron chi connectivity index (χ1n) is 8.38. The van der Waals surface area contributed by atoms with Crippen molar-refractivity contribution in [2.45, 2.75) is 39.3 Å². The first-order valence-corrected chi connectivity index (χ1v) is 8.38. The first-order chi connectivity index (χ1) is 10.9. The number of hydrogen-bond donors (Lipinski definition) is 1. The Kier molecular flexibility index (Phi) is 3.11. The quantitative estimate of drug-likeness (QED) is 0.924. The molecule has 4 rings (SSSR count). The number of benzene rings is 1. The molecule has 0 radical (unpaired) electrons. The fourth-order valence-electron chi connectivity index (χ4n) is 4.76. The molecule has 1 aromatic carbocycles. The molecule has 122 valence electrons. The zero-order valence-electron chi connectivity index (χ0n) is 14.2. The van der Waals surface area contributed by atoms with Crippen molar-refractivity contribution < 1.29 is 9.53 Å². The fourth-order valence-corrected chi connectivity index (χ4v) is 4.76. The molecule has 1 N–H and O–H groups in total. The van der Waals surface area contributed by atoms with Gasteiger partial charge in [0, 0.05) is 41.9 Å². The number of carbonyl (C=O) groups excluding carboxylic acids is 1. The van der Waals surface area contributed by atoms with E-state index in [1.54, 1.807) is 0 Å². The molecule has 2 aromatic rings. The van der Waals surface area contributed by atoms with Gasteiger partial charge in [0.05, 0.1) is 6.10 Å². The number of carbonyl (C=O) groups is 1. The molecular weight excluding hydrogens is 288 g/mol. The summed E-state index contributed by atoms with van der Waals surface area (Å²) in [4.78, 5) is 18.2. The summed E-state index contributed by atoms with van der Waals surface area (Å²) in [5.41, 5.74) is 2.91. The average molecular weight is 312 g/mol. The minimum atomic E-state index is 0.0220. The van der Waals surface area contributed by atoms with Gasteiger partial charge in [-0.2, -0.15) is 0 Å². The number of aromatic amines is 1. The van der Waals surface area contributed by atoms with Gasteiger partial charge in [0.15, 0.2) is 0 Å². The fraction of sp³-hybridized carbons (Fsp3) is 0.526. The third-order valence-corrected chi connectivity index (χ3v) is 5.78. The second kappa shape index (κ2) is 4.84. The van der Waals surface area contributed by atoms with Gasteiger partial charge in [-0.3, -0.25) is 4.79 Å². The molecule has 1 amide bonds. The highest BCUT2D eigenvalue weighted by Gasteiger charge is 2.61. The highest BCUT2D eigenvalue weighted by Crippen LogP contribution is 2.54. The van der Waals surface area contributed by atoms with Gasteiger partial charge >= 0.3 is 0 Å². The average Bonchev–Trinajstić information content (AvgIpc) is 3.10. The maximum Gasteiger partial charge on any atom is 0.270 e. The van der Waals surface area contributed by atoms with Crippen molar-refractivity contribution in [3.63, 3.8) is 0 Å². The minimum absolute atomic E-state index is 0.0220. The SMILES string of the molecule is Cc1ccc2cc(C(=O)N(C)[C@@H]3[C@H]4CCO[C@@H]4C3(C)C)[nH]c2c1. The number of nitrogens with one attached hydrogen (secondary N) is 1. The Hall–Kier alpha value is -1.81. The van der Waals surface area contributed by atoms with Crippen LogP contribution in [0.3, 0.4) is 0 Å². The molecular formula is C19H24N2O2. The summed E-state index contributed by atoms with van der Waals surface area (Å²) >= 11 is 0. The highest BCUT2D eigenvalue weighted by molar-refractivity contribution is 5.98. The Morgan fingerprint density at radius 2 is 2.13 bits per heavy atom. The van der Waals surface area contributed by atoms with Crippen LogP contribution in [-0.2, 0) is 4.74 Å². The van der Waals surface area contributed by atoms with Gasteiger partial charge in [0.25, 0.3) is 5.91 Å². The molecule has 2 aliphatic rings. The Bertz CT molecular complexity index is 777. The van der Waals surface area contributed by atoms with E-state index in [-0.39, 0.29) is 17.4 Å². The lowest BCUT2D eigenvalue weighted by molar-refractivity contribution is -0.139. The predicted octanol–water partition coefficient (Wildman–Crippen LogP) is 3.36. The second-order valence-corrected chi connectivity index (χ2v) is 7.70. The third-order valence-electron chi connectivity index (χ3n) is 5.78. The van der Waals surface area contributed by atoms with Crippen molar-refractivity contribution in [1.29, 1.82) is 0 Å². The molecule has 4 nitrogen and oxygen atoms in total. The Morgan fingerprint density at radius 3 is 2.91 bits per heavy atom. The predicted molar refractivity (Wildman–Crippen MR) is 90.5 cm³/mol. The number of rotatable bonds is 2. The molecule has 23 heavy (non-hydrogen) atoms. The molecule has 2 heterocycles. The van der Waals surface area contributed by atoms with E-state index < -0.39 is 0 Å². The van der Waals surface area contributed by atoms with Gasteiger partial charge in [0.1, 0.15) is 5.69 Å². The van der Waals surface area contributed by atoms with Crippen LogP contribution in [0.25, 0.3) is 10.9 Å². The molecule has 2 fully saturated rings. The van der Waals surface area contributed by atoms with E-state index in [4.69, 9.17) is 4.74 Å². The number of nitrogens with zero attached hydrogens (tertiary/aromatic N) is 1. The summed E-state index contributed by atoms with van der Waals surface area (Å²) in [6.07, 6.45) is 1.36. The third kappa shape index (κ3) is 2.04. The molecule has 1 aliphatic carbocycles. The summed E-state index contributed by atoms with van der Waals surface area (Å²) in [5.74, 6) is 0.549. The Morgan fingerprint density at radius 1 is 1.35 bits per heavy atom. The smallest absolute Gasteiger partial charge is 0.270 e. The standard InChI is InChI=1S/C19H24N2O2/c1-11-5-6-12-10-15(20-14(12)9-11)18(22)21(4)16-13-7-8-23-17(13)19(16,2)3/h5-6,9-10,13,16-17,20H,7-8H2,1-4H3/t13-,16-,17+/m1/s1. The van der Waals surface area contributed by atoms with E-state index in [1.165, 1.54) is 5.56 Å². The maximum atomic E-state index is 13.0. The molecule has 1 aliphatic heterocycles. The van der Waals surface area contributed by atoms with Crippen LogP contribution in [0.2, 0.25) is 0 Å². The van der Waals surface area contributed by atoms with Gasteiger partial charge in [-0.1, -0.05) is 26.0 Å². The second-order valence-electron chi connectivity index (χ2n) is 7.70. The molecule has 1 saturated carbocycles. The van der Waals surface area contributed by atoms with Gasteiger partial charge in [-0.15, -0.1) is 0 Å². The molecule has 0 bridgehead atoms. The summed E-state index contributed by atoms with van der Waals surface area (Å²) in [7, 11) is 1.93. The number of ether oxygens (including phenoxy) is 1. The largest absolute Gasteiger partial charge is 0.377 e. The van der Waals surface area contributed by atoms with Gasteiger partial charge in [-0.25, -0.2) is 0 Å². The zero-order chi connectivity index (χ0) is 16.4. The summed E-state index contributed by atoms with van der Waals surface area (Å²) in [6, 6.07) is 8.42. The van der Waals surface area contributed by atoms with E-state index in [2.05, 4.69) is 44.0 Å². The zero-order valence-corrected chi connectivity index (χ0v) is 14.2. The lowest BCUT2D eigenvalue weighted by Gasteiger charge is -2.57. The van der Waals surface area contributed by atoms with E-state index in [0.29, 0.717) is 17.7 Å². The van der Waals surface area contributed by atoms with E-state index in [1.807, 2.05) is 18.0 Å². The number of aryl methyl sites for hydroxylation is 1. The van der Waals surface area contributed by atoms with Crippen molar-refractivity contribution in [3.05, 3.63) is 35.5 Å². The normalized spacial score (nSPS) is 28.4. The van der Waals surface area contributed by atoms with Crippen LogP contribution in [0.4, 0.5) is 0 Å². The van der Waals surface area contributed by atoms with Crippen molar-refractivity contribution in [2.24, 2.45) is 11.3 Å². The molecule has 1 aromatic heterocycles. The molecule has 0 unspecified atom stereocenters. The Balaban J connectivity index is 1.62. The number of amides is 1. The number of fused-ring (bicyclic) bond motifs is 2. The van der Waals surface area contributed by atoms with Crippen molar-refractivity contribution >= 4 is 16.8 Å². The topological polar surface area (TPSA) is 45.3 Å². The monoisotopic (exact) mass is 312 g/mol. The van der Waals surface area contributed by atoms with Crippen LogP contribution < -0.4 is 0 Å². The lowest BCUT2D eigenvalue weighted by atomic mass is 9.57. The molecule has 1 saturated heterocycles. The number of H-pyrrole nitrogens is 1. The van der Waals surface area contributed by atoms with Gasteiger partial charge in [0.2, 0.25) is 0 Å². The first kappa shape index (κ1) is 14.8. The summed E-state index contributed by atoms with van der Waals surface area (Å²) in [6.45, 7) is 7.30. The van der Waals surface area contributed by atoms with E-state index >= 15 is 0 Å². The highest BCUT2D eigenvalue weighted by atomic mass is 16.5. The van der Waals surface area contributed by atoms with Crippen LogP contribution in [0, 0.1) is 18.3 Å². The van der Waals surface area contributed by atoms with Crippen LogP contribution in [0.5, 0.6) is 0 Å². The van der Waals surface area contributed by atoms with Crippen LogP contribution >= 0.6 is 0 Å². The molecule has 4 heteroatoms. The summed E-state index contributed by atoms with van der Waals surface area (Å²) in [5, 5.41) is 1.09. The number of aromatic nitrogens is 1. The van der Waals surface area contributed by atoms with Crippen molar-refractivity contribution in [2.75, 3.05) is 13.7 Å². The van der Waals surface area contributed by atoms with Crippen molar-refractivity contribution in [1.82, 2.24) is 9.88 Å². The summed E-state index contributed by atoms with van der Waals surface area (Å²) < 4.78 is 5.85. The Labute approximate surface area is 136 Å².